The second kappa shape index (κ2) is 9.83. The molecule has 2 fully saturated rings. The number of nitrogens with one attached hydrogen (secondary N) is 1. The molecule has 0 bridgehead atoms. The molecule has 2 aliphatic rings. The van der Waals surface area contributed by atoms with E-state index in [0.29, 0.717) is 5.11 Å². The van der Waals surface area contributed by atoms with Crippen molar-refractivity contribution < 1.29 is 4.74 Å². The van der Waals surface area contributed by atoms with E-state index < -0.39 is 0 Å². The summed E-state index contributed by atoms with van der Waals surface area (Å²) in [6, 6.07) is 27.0. The van der Waals surface area contributed by atoms with Gasteiger partial charge in [-0.1, -0.05) is 29.5 Å². The molecule has 2 atom stereocenters. The first-order valence-electron chi connectivity index (χ1n) is 12.7. The smallest absolute Gasteiger partial charge is 0.194 e. The molecule has 0 radical (unpaired) electrons. The van der Waals surface area contributed by atoms with Crippen molar-refractivity contribution in [2.45, 2.75) is 12.1 Å². The zero-order valence-electron chi connectivity index (χ0n) is 20.6. The Hall–Kier alpha value is -3.79. The molecule has 7 rings (SSSR count). The van der Waals surface area contributed by atoms with Gasteiger partial charge < -0.3 is 19.9 Å². The minimum Gasteiger partial charge on any atom is -0.378 e. The summed E-state index contributed by atoms with van der Waals surface area (Å²) in [6.45, 7) is 3.34. The molecular formula is C29H26N6OS2. The van der Waals surface area contributed by atoms with Gasteiger partial charge >= 0.3 is 0 Å². The highest BCUT2D eigenvalue weighted by Gasteiger charge is 2.42. The second-order valence-corrected chi connectivity index (χ2v) is 10.8. The van der Waals surface area contributed by atoms with Gasteiger partial charge in [0.15, 0.2) is 10.2 Å². The van der Waals surface area contributed by atoms with E-state index in [1.165, 1.54) is 10.4 Å². The van der Waals surface area contributed by atoms with E-state index in [0.717, 1.165) is 54.0 Å². The monoisotopic (exact) mass is 538 g/mol. The van der Waals surface area contributed by atoms with Crippen LogP contribution in [0.5, 0.6) is 0 Å². The third-order valence-electron chi connectivity index (χ3n) is 7.17. The largest absolute Gasteiger partial charge is 0.378 e. The van der Waals surface area contributed by atoms with Crippen LogP contribution in [0.15, 0.2) is 91.3 Å². The van der Waals surface area contributed by atoms with Gasteiger partial charge in [-0.25, -0.2) is 4.98 Å². The normalized spacial score (nSPS) is 19.7. The Labute approximate surface area is 230 Å². The van der Waals surface area contributed by atoms with E-state index in [1.54, 1.807) is 11.3 Å². The molecule has 3 aromatic heterocycles. The molecule has 9 heteroatoms. The minimum atomic E-state index is -0.120. The number of para-hydroxylation sites is 1. The van der Waals surface area contributed by atoms with Crippen molar-refractivity contribution in [3.8, 4) is 5.13 Å². The number of nitrogens with zero attached hydrogens (tertiary/aromatic N) is 5. The third-order valence-corrected chi connectivity index (χ3v) is 8.52. The Morgan fingerprint density at radius 3 is 2.47 bits per heavy atom. The lowest BCUT2D eigenvalue weighted by atomic mass is 10.0. The van der Waals surface area contributed by atoms with Crippen molar-refractivity contribution in [2.24, 2.45) is 0 Å². The molecule has 0 aliphatic carbocycles. The first kappa shape index (κ1) is 23.3. The van der Waals surface area contributed by atoms with Gasteiger partial charge in [-0.2, -0.15) is 0 Å². The number of hydrogen-bond donors (Lipinski definition) is 1. The number of rotatable bonds is 5. The van der Waals surface area contributed by atoms with E-state index in [-0.39, 0.29) is 12.1 Å². The van der Waals surface area contributed by atoms with Crippen molar-refractivity contribution in [3.63, 3.8) is 0 Å². The number of benzene rings is 2. The van der Waals surface area contributed by atoms with E-state index in [2.05, 4.69) is 86.5 Å². The van der Waals surface area contributed by atoms with E-state index >= 15 is 0 Å². The molecule has 2 aromatic carbocycles. The molecule has 190 valence electrons. The molecule has 7 nitrogen and oxygen atoms in total. The molecule has 5 heterocycles. The summed E-state index contributed by atoms with van der Waals surface area (Å²) in [5.41, 5.74) is 5.29. The molecule has 5 aromatic rings. The van der Waals surface area contributed by atoms with Crippen LogP contribution >= 0.6 is 23.6 Å². The van der Waals surface area contributed by atoms with Gasteiger partial charge in [-0.15, -0.1) is 0 Å². The van der Waals surface area contributed by atoms with Crippen LogP contribution in [-0.4, -0.2) is 46.0 Å². The minimum absolute atomic E-state index is 0.117. The second-order valence-electron chi connectivity index (χ2n) is 9.38. The quantitative estimate of drug-likeness (QED) is 0.297. The predicted octanol–water partition coefficient (Wildman–Crippen LogP) is 5.50. The predicted molar refractivity (Wildman–Crippen MR) is 156 cm³/mol. The van der Waals surface area contributed by atoms with Crippen molar-refractivity contribution in [1.29, 1.82) is 0 Å². The summed E-state index contributed by atoms with van der Waals surface area (Å²) < 4.78 is 8.88. The maximum Gasteiger partial charge on any atom is 0.194 e. The van der Waals surface area contributed by atoms with Crippen LogP contribution in [0.3, 0.4) is 0 Å². The lowest BCUT2D eigenvalue weighted by Gasteiger charge is -2.31. The highest BCUT2D eigenvalue weighted by atomic mass is 32.1. The van der Waals surface area contributed by atoms with Crippen molar-refractivity contribution >= 4 is 50.3 Å². The Morgan fingerprint density at radius 1 is 0.895 bits per heavy atom. The summed E-state index contributed by atoms with van der Waals surface area (Å²) in [4.78, 5) is 14.2. The summed E-state index contributed by atoms with van der Waals surface area (Å²) in [5, 5.41) is 5.20. The number of anilines is 2. The number of thiocarbonyl (C=S) groups is 1. The molecule has 0 saturated carbocycles. The Balaban J connectivity index is 1.31. The van der Waals surface area contributed by atoms with Gasteiger partial charge in [0.1, 0.15) is 6.04 Å². The zero-order valence-corrected chi connectivity index (χ0v) is 22.2. The van der Waals surface area contributed by atoms with Crippen LogP contribution in [-0.2, 0) is 4.74 Å². The molecule has 0 amide bonds. The number of fused-ring (bicyclic) bond motifs is 1. The fourth-order valence-corrected chi connectivity index (χ4v) is 6.67. The average Bonchev–Trinajstić information content (AvgIpc) is 3.70. The Kier molecular flexibility index (Phi) is 6.04. The average molecular weight is 539 g/mol. The molecule has 2 saturated heterocycles. The van der Waals surface area contributed by atoms with Crippen LogP contribution in [0, 0.1) is 0 Å². The number of morpholine rings is 1. The standard InChI is InChI=1S/C29H26N6OS2/c37-28-32-26(23-7-3-4-14-30-23)27(35(28)21-12-10-20(11-13-21)33-16-18-36-19-17-33)24-8-5-15-34(24)29-31-22-6-1-2-9-25(22)38-29/h1-15,26-27H,16-19H2,(H,32,37)/t26-,27+/m0/s1. The van der Waals surface area contributed by atoms with Crippen LogP contribution < -0.4 is 15.1 Å². The van der Waals surface area contributed by atoms with Crippen LogP contribution in [0.2, 0.25) is 0 Å². The van der Waals surface area contributed by atoms with Gasteiger partial charge in [0.05, 0.1) is 40.9 Å². The fourth-order valence-electron chi connectivity index (χ4n) is 5.35. The van der Waals surface area contributed by atoms with Crippen LogP contribution in [0.25, 0.3) is 15.3 Å². The first-order chi connectivity index (χ1) is 18.8. The highest BCUT2D eigenvalue weighted by Crippen LogP contribution is 2.43. The first-order valence-corrected chi connectivity index (χ1v) is 14.0. The van der Waals surface area contributed by atoms with Crippen molar-refractivity contribution in [3.05, 3.63) is 103 Å². The number of ether oxygens (including phenoxy) is 1. The highest BCUT2D eigenvalue weighted by molar-refractivity contribution is 7.80. The molecule has 1 N–H and O–H groups in total. The molecule has 0 spiro atoms. The van der Waals surface area contributed by atoms with Gasteiger partial charge in [0.2, 0.25) is 0 Å². The summed E-state index contributed by atoms with van der Waals surface area (Å²) in [7, 11) is 0. The van der Waals surface area contributed by atoms with Crippen LogP contribution in [0.4, 0.5) is 11.4 Å². The maximum absolute atomic E-state index is 5.96. The summed E-state index contributed by atoms with van der Waals surface area (Å²) in [5.74, 6) is 0. The van der Waals surface area contributed by atoms with Gasteiger partial charge in [0, 0.05) is 36.9 Å². The number of hydrogen-bond acceptors (Lipinski definition) is 6. The van der Waals surface area contributed by atoms with Crippen LogP contribution in [0.1, 0.15) is 23.5 Å². The van der Waals surface area contributed by atoms with Crippen molar-refractivity contribution in [1.82, 2.24) is 19.9 Å². The number of aromatic nitrogens is 3. The fraction of sp³-hybridized carbons (Fsp3) is 0.207. The van der Waals surface area contributed by atoms with Gasteiger partial charge in [-0.3, -0.25) is 9.55 Å². The molecule has 38 heavy (non-hydrogen) atoms. The van der Waals surface area contributed by atoms with Gasteiger partial charge in [0.25, 0.3) is 0 Å². The third kappa shape index (κ3) is 4.13. The lowest BCUT2D eigenvalue weighted by molar-refractivity contribution is 0.122. The molecule has 0 unspecified atom stereocenters. The lowest BCUT2D eigenvalue weighted by Crippen LogP contribution is -2.36. The number of thiazole rings is 1. The van der Waals surface area contributed by atoms with E-state index in [4.69, 9.17) is 26.9 Å². The Bertz CT molecular complexity index is 1540. The maximum atomic E-state index is 5.96. The SMILES string of the molecule is S=C1N[C@@H](c2ccccn2)[C@@H](c2cccn2-c2nc3ccccc3s2)N1c1ccc(N2CCOCC2)cc1. The van der Waals surface area contributed by atoms with E-state index in [9.17, 15) is 0 Å². The summed E-state index contributed by atoms with van der Waals surface area (Å²) >= 11 is 7.65. The molecule has 2 aliphatic heterocycles. The topological polar surface area (TPSA) is 58.5 Å². The number of pyridine rings is 1. The van der Waals surface area contributed by atoms with E-state index in [1.807, 2.05) is 24.4 Å². The Morgan fingerprint density at radius 2 is 1.68 bits per heavy atom. The molecular weight excluding hydrogens is 512 g/mol. The van der Waals surface area contributed by atoms with Crippen molar-refractivity contribution in [2.75, 3.05) is 36.1 Å². The summed E-state index contributed by atoms with van der Waals surface area (Å²) in [6.07, 6.45) is 3.92. The zero-order chi connectivity index (χ0) is 25.5. The van der Waals surface area contributed by atoms with Gasteiger partial charge in [-0.05, 0) is 72.9 Å².